The third-order valence-electron chi connectivity index (χ3n) is 3.41. The number of ketones is 1. The minimum atomic E-state index is 0.0313. The van der Waals surface area contributed by atoms with Crippen molar-refractivity contribution < 1.29 is 9.53 Å². The van der Waals surface area contributed by atoms with Crippen molar-refractivity contribution in [3.05, 3.63) is 65.2 Å². The van der Waals surface area contributed by atoms with Crippen molar-refractivity contribution in [3.63, 3.8) is 0 Å². The van der Waals surface area contributed by atoms with E-state index in [1.807, 2.05) is 43.3 Å². The number of hydrogen-bond donors (Lipinski definition) is 0. The summed E-state index contributed by atoms with van der Waals surface area (Å²) in [4.78, 5) is 11.7. The van der Waals surface area contributed by atoms with Crippen LogP contribution in [0, 0.1) is 6.92 Å². The van der Waals surface area contributed by atoms with Crippen LogP contribution in [0.1, 0.15) is 34.3 Å². The minimum Gasteiger partial charge on any atom is -0.492 e. The van der Waals surface area contributed by atoms with Crippen LogP contribution in [0.15, 0.2) is 48.5 Å². The molecule has 3 heteroatoms. The maximum Gasteiger partial charge on any atom is 0.163 e. The second-order valence-corrected chi connectivity index (χ2v) is 5.78. The second-order valence-electron chi connectivity index (χ2n) is 5.13. The largest absolute Gasteiger partial charge is 0.492 e. The summed E-state index contributed by atoms with van der Waals surface area (Å²) >= 11 is 3.54. The fourth-order valence-electron chi connectivity index (χ4n) is 2.19. The summed E-state index contributed by atoms with van der Waals surface area (Å²) in [6.45, 7) is 4.08. The molecule has 1 unspecified atom stereocenters. The normalized spacial score (nSPS) is 12.0. The molecule has 2 rings (SSSR count). The van der Waals surface area contributed by atoms with Crippen molar-refractivity contribution in [2.45, 2.75) is 19.8 Å². The first kappa shape index (κ1) is 15.8. The Labute approximate surface area is 134 Å². The van der Waals surface area contributed by atoms with Crippen LogP contribution in [0.2, 0.25) is 0 Å². The van der Waals surface area contributed by atoms with E-state index in [4.69, 9.17) is 4.74 Å². The lowest BCUT2D eigenvalue weighted by atomic mass is 10.0. The molecule has 0 aliphatic heterocycles. The summed E-state index contributed by atoms with van der Waals surface area (Å²) in [5.74, 6) is 0.950. The van der Waals surface area contributed by atoms with E-state index in [1.54, 1.807) is 6.92 Å². The molecule has 0 spiro atoms. The molecule has 1 atom stereocenters. The first-order valence-electron chi connectivity index (χ1n) is 6.97. The van der Waals surface area contributed by atoms with Crippen LogP contribution in [0.5, 0.6) is 5.75 Å². The number of rotatable bonds is 6. The summed E-state index contributed by atoms with van der Waals surface area (Å²) in [6, 6.07) is 16.0. The van der Waals surface area contributed by atoms with Gasteiger partial charge in [-0.15, -0.1) is 0 Å². The fourth-order valence-corrected chi connectivity index (χ4v) is 2.75. The standard InChI is InChI=1S/C18H19BrO2/c1-13-8-9-18(17(10-13)14(2)20)21-12-16(11-19)15-6-4-3-5-7-15/h3-10,16H,11-12H2,1-2H3. The summed E-state index contributed by atoms with van der Waals surface area (Å²) in [6.07, 6.45) is 0. The molecule has 2 nitrogen and oxygen atoms in total. The molecule has 0 heterocycles. The van der Waals surface area contributed by atoms with E-state index in [1.165, 1.54) is 5.56 Å². The van der Waals surface area contributed by atoms with Crippen molar-refractivity contribution in [1.29, 1.82) is 0 Å². The number of carbonyl (C=O) groups is 1. The zero-order valence-electron chi connectivity index (χ0n) is 12.3. The quantitative estimate of drug-likeness (QED) is 0.557. The van der Waals surface area contributed by atoms with E-state index in [9.17, 15) is 4.79 Å². The molecule has 0 fully saturated rings. The highest BCUT2D eigenvalue weighted by molar-refractivity contribution is 9.09. The molecule has 110 valence electrons. The van der Waals surface area contributed by atoms with Gasteiger partial charge in [-0.1, -0.05) is 57.9 Å². The van der Waals surface area contributed by atoms with Gasteiger partial charge in [-0.2, -0.15) is 0 Å². The maximum absolute atomic E-state index is 11.7. The first-order valence-corrected chi connectivity index (χ1v) is 8.09. The lowest BCUT2D eigenvalue weighted by molar-refractivity contribution is 0.101. The van der Waals surface area contributed by atoms with Crippen molar-refractivity contribution in [2.75, 3.05) is 11.9 Å². The Bertz CT molecular complexity index is 608. The fraction of sp³-hybridized carbons (Fsp3) is 0.278. The number of halogens is 1. The molecule has 0 N–H and O–H groups in total. The Hall–Kier alpha value is -1.61. The number of benzene rings is 2. The van der Waals surface area contributed by atoms with Crippen molar-refractivity contribution >= 4 is 21.7 Å². The van der Waals surface area contributed by atoms with Gasteiger partial charge in [0.25, 0.3) is 0 Å². The molecule has 0 bridgehead atoms. The highest BCUT2D eigenvalue weighted by Gasteiger charge is 2.14. The van der Waals surface area contributed by atoms with Crippen LogP contribution in [0.4, 0.5) is 0 Å². The molecular formula is C18H19BrO2. The third kappa shape index (κ3) is 4.18. The molecule has 0 aromatic heterocycles. The van der Waals surface area contributed by atoms with Crippen molar-refractivity contribution in [1.82, 2.24) is 0 Å². The Kier molecular flexibility index (Phi) is 5.57. The Morgan fingerprint density at radius 2 is 1.90 bits per heavy atom. The van der Waals surface area contributed by atoms with Crippen LogP contribution in [-0.2, 0) is 0 Å². The zero-order valence-corrected chi connectivity index (χ0v) is 13.9. The van der Waals surface area contributed by atoms with Crippen LogP contribution in [0.25, 0.3) is 0 Å². The number of aryl methyl sites for hydroxylation is 1. The minimum absolute atomic E-state index is 0.0313. The van der Waals surface area contributed by atoms with Crippen LogP contribution >= 0.6 is 15.9 Å². The Balaban J connectivity index is 2.14. The van der Waals surface area contributed by atoms with E-state index >= 15 is 0 Å². The van der Waals surface area contributed by atoms with Gasteiger partial charge in [0.05, 0.1) is 12.2 Å². The smallest absolute Gasteiger partial charge is 0.163 e. The van der Waals surface area contributed by atoms with Crippen molar-refractivity contribution in [2.24, 2.45) is 0 Å². The topological polar surface area (TPSA) is 26.3 Å². The second kappa shape index (κ2) is 7.41. The molecule has 2 aromatic rings. The Morgan fingerprint density at radius 3 is 2.52 bits per heavy atom. The average molecular weight is 347 g/mol. The van der Waals surface area contributed by atoms with Gasteiger partial charge in [0, 0.05) is 11.2 Å². The molecule has 0 saturated heterocycles. The average Bonchev–Trinajstić information content (AvgIpc) is 2.50. The van der Waals surface area contributed by atoms with Gasteiger partial charge in [0.15, 0.2) is 5.78 Å². The van der Waals surface area contributed by atoms with Gasteiger partial charge in [0.2, 0.25) is 0 Å². The van der Waals surface area contributed by atoms with Gasteiger partial charge in [-0.3, -0.25) is 4.79 Å². The SMILES string of the molecule is CC(=O)c1cc(C)ccc1OCC(CBr)c1ccccc1. The maximum atomic E-state index is 11.7. The van der Waals surface area contributed by atoms with Gasteiger partial charge in [0.1, 0.15) is 5.75 Å². The monoisotopic (exact) mass is 346 g/mol. The number of alkyl halides is 1. The highest BCUT2D eigenvalue weighted by Crippen LogP contribution is 2.24. The van der Waals surface area contributed by atoms with Gasteiger partial charge in [-0.05, 0) is 31.5 Å². The van der Waals surface area contributed by atoms with Crippen LogP contribution in [-0.4, -0.2) is 17.7 Å². The van der Waals surface area contributed by atoms with E-state index in [2.05, 4.69) is 28.1 Å². The molecule has 0 radical (unpaired) electrons. The molecule has 0 aliphatic carbocycles. The highest BCUT2D eigenvalue weighted by atomic mass is 79.9. The lowest BCUT2D eigenvalue weighted by Gasteiger charge is -2.17. The predicted octanol–water partition coefficient (Wildman–Crippen LogP) is 4.76. The van der Waals surface area contributed by atoms with E-state index in [-0.39, 0.29) is 11.7 Å². The van der Waals surface area contributed by atoms with Crippen LogP contribution < -0.4 is 4.74 Å². The molecule has 2 aromatic carbocycles. The van der Waals surface area contributed by atoms with Gasteiger partial charge >= 0.3 is 0 Å². The van der Waals surface area contributed by atoms with E-state index < -0.39 is 0 Å². The molecule has 21 heavy (non-hydrogen) atoms. The van der Waals surface area contributed by atoms with E-state index in [0.717, 1.165) is 10.9 Å². The molecule has 0 saturated carbocycles. The lowest BCUT2D eigenvalue weighted by Crippen LogP contribution is -2.13. The third-order valence-corrected chi connectivity index (χ3v) is 4.19. The van der Waals surface area contributed by atoms with Crippen molar-refractivity contribution in [3.8, 4) is 5.75 Å². The summed E-state index contributed by atoms with van der Waals surface area (Å²) < 4.78 is 5.91. The number of hydrogen-bond acceptors (Lipinski definition) is 2. The number of ether oxygens (including phenoxy) is 1. The molecule has 0 aliphatic rings. The number of carbonyl (C=O) groups excluding carboxylic acids is 1. The van der Waals surface area contributed by atoms with Crippen LogP contribution in [0.3, 0.4) is 0 Å². The summed E-state index contributed by atoms with van der Waals surface area (Å²) in [5.41, 5.74) is 2.94. The predicted molar refractivity (Wildman–Crippen MR) is 89.7 cm³/mol. The summed E-state index contributed by atoms with van der Waals surface area (Å²) in [5, 5.41) is 0.818. The zero-order chi connectivity index (χ0) is 15.2. The molecule has 0 amide bonds. The first-order chi connectivity index (χ1) is 10.1. The van der Waals surface area contributed by atoms with Gasteiger partial charge in [-0.25, -0.2) is 0 Å². The molecular weight excluding hydrogens is 328 g/mol. The van der Waals surface area contributed by atoms with E-state index in [0.29, 0.717) is 17.9 Å². The number of Topliss-reactive ketones (excluding diaryl/α,β-unsaturated/α-hetero) is 1. The Morgan fingerprint density at radius 1 is 1.19 bits per heavy atom. The summed E-state index contributed by atoms with van der Waals surface area (Å²) in [7, 11) is 0. The van der Waals surface area contributed by atoms with Gasteiger partial charge < -0.3 is 4.74 Å².